The first-order valence-corrected chi connectivity index (χ1v) is 6.31. The highest BCUT2D eigenvalue weighted by Gasteiger charge is 2.23. The molecule has 3 N–H and O–H groups in total. The zero-order valence-electron chi connectivity index (χ0n) is 11.2. The van der Waals surface area contributed by atoms with E-state index in [0.717, 1.165) is 11.3 Å². The molecule has 21 heavy (non-hydrogen) atoms. The van der Waals surface area contributed by atoms with Gasteiger partial charge in [0.2, 0.25) is 0 Å². The highest BCUT2D eigenvalue weighted by atomic mass is 16.7. The smallest absolute Gasteiger partial charge is 0.170 e. The van der Waals surface area contributed by atoms with E-state index in [2.05, 4.69) is 0 Å². The molecule has 2 rings (SSSR count). The SMILES string of the molecule is Nc1c(CC=CO)cccc1N(c1ccccc1)[N+](=O)[O-]. The summed E-state index contributed by atoms with van der Waals surface area (Å²) in [6.45, 7) is 0. The molecule has 0 aliphatic carbocycles. The van der Waals surface area contributed by atoms with Gasteiger partial charge in [0.1, 0.15) is 11.4 Å². The number of nitrogens with zero attached hydrogens (tertiary/aromatic N) is 2. The first kappa shape index (κ1) is 14.4. The van der Waals surface area contributed by atoms with Gasteiger partial charge in [-0.05, 0) is 36.3 Å². The van der Waals surface area contributed by atoms with E-state index in [4.69, 9.17) is 10.8 Å². The number of aliphatic hydroxyl groups excluding tert-OH is 1. The van der Waals surface area contributed by atoms with Crippen LogP contribution in [0.1, 0.15) is 5.56 Å². The number of rotatable bonds is 5. The number of para-hydroxylation sites is 2. The van der Waals surface area contributed by atoms with Crippen molar-refractivity contribution in [2.24, 2.45) is 0 Å². The molecule has 0 spiro atoms. The van der Waals surface area contributed by atoms with Gasteiger partial charge in [0.05, 0.1) is 11.9 Å². The second-order valence-electron chi connectivity index (χ2n) is 4.32. The van der Waals surface area contributed by atoms with Crippen molar-refractivity contribution in [1.29, 1.82) is 0 Å². The molecule has 2 aromatic rings. The number of aliphatic hydroxyl groups is 1. The van der Waals surface area contributed by atoms with Gasteiger partial charge in [0, 0.05) is 0 Å². The zero-order chi connectivity index (χ0) is 15.2. The minimum absolute atomic E-state index is 0.301. The lowest BCUT2D eigenvalue weighted by atomic mass is 10.1. The van der Waals surface area contributed by atoms with Crippen molar-refractivity contribution in [3.05, 3.63) is 76.5 Å². The van der Waals surface area contributed by atoms with Crippen LogP contribution < -0.4 is 10.7 Å². The molecule has 0 heterocycles. The summed E-state index contributed by atoms with van der Waals surface area (Å²) >= 11 is 0. The molecule has 0 saturated carbocycles. The van der Waals surface area contributed by atoms with Gasteiger partial charge in [-0.3, -0.25) is 0 Å². The van der Waals surface area contributed by atoms with Crippen LogP contribution in [0.2, 0.25) is 0 Å². The summed E-state index contributed by atoms with van der Waals surface area (Å²) in [6.07, 6.45) is 2.85. The zero-order valence-corrected chi connectivity index (χ0v) is 11.2. The summed E-state index contributed by atoms with van der Waals surface area (Å²) in [4.78, 5) is 11.4. The first-order chi connectivity index (χ1) is 10.1. The monoisotopic (exact) mass is 285 g/mol. The maximum absolute atomic E-state index is 11.4. The van der Waals surface area contributed by atoms with Crippen LogP contribution in [-0.2, 0) is 6.42 Å². The molecule has 0 saturated heterocycles. The molecule has 2 aromatic carbocycles. The van der Waals surface area contributed by atoms with E-state index in [1.54, 1.807) is 48.5 Å². The molecular formula is C15H15N3O3. The van der Waals surface area contributed by atoms with Gasteiger partial charge in [-0.15, -0.1) is 0 Å². The quantitative estimate of drug-likeness (QED) is 0.381. The number of allylic oxidation sites excluding steroid dienone is 1. The molecule has 6 nitrogen and oxygen atoms in total. The number of nitro groups is 1. The topological polar surface area (TPSA) is 92.6 Å². The van der Waals surface area contributed by atoms with Crippen LogP contribution in [-0.4, -0.2) is 10.1 Å². The lowest BCUT2D eigenvalue weighted by Crippen LogP contribution is -2.25. The first-order valence-electron chi connectivity index (χ1n) is 6.31. The fourth-order valence-electron chi connectivity index (χ4n) is 2.03. The lowest BCUT2D eigenvalue weighted by molar-refractivity contribution is -0.483. The lowest BCUT2D eigenvalue weighted by Gasteiger charge is -2.17. The summed E-state index contributed by atoms with van der Waals surface area (Å²) < 4.78 is 0. The van der Waals surface area contributed by atoms with E-state index in [1.807, 2.05) is 0 Å². The normalized spacial score (nSPS) is 10.7. The Kier molecular flexibility index (Phi) is 4.40. The van der Waals surface area contributed by atoms with Crippen LogP contribution in [0.25, 0.3) is 0 Å². The molecule has 0 aliphatic heterocycles. The number of nitrogens with two attached hydrogens (primary N) is 1. The van der Waals surface area contributed by atoms with E-state index < -0.39 is 5.03 Å². The summed E-state index contributed by atoms with van der Waals surface area (Å²) in [5, 5.41) is 20.6. The Morgan fingerprint density at radius 3 is 2.52 bits per heavy atom. The Bertz CT molecular complexity index is 656. The predicted molar refractivity (Wildman–Crippen MR) is 81.9 cm³/mol. The van der Waals surface area contributed by atoms with Gasteiger partial charge in [-0.25, -0.2) is 10.1 Å². The molecule has 108 valence electrons. The van der Waals surface area contributed by atoms with Crippen LogP contribution in [0.15, 0.2) is 60.9 Å². The predicted octanol–water partition coefficient (Wildman–Crippen LogP) is 3.21. The number of nitrogen functional groups attached to an aromatic ring is 1. The van der Waals surface area contributed by atoms with Gasteiger partial charge in [-0.2, -0.15) is 0 Å². The Morgan fingerprint density at radius 1 is 1.19 bits per heavy atom. The molecule has 0 fully saturated rings. The van der Waals surface area contributed by atoms with Gasteiger partial charge >= 0.3 is 0 Å². The fraction of sp³-hybridized carbons (Fsp3) is 0.0667. The van der Waals surface area contributed by atoms with Crippen molar-refractivity contribution < 1.29 is 10.1 Å². The molecule has 0 amide bonds. The van der Waals surface area contributed by atoms with Crippen molar-refractivity contribution in [2.75, 3.05) is 10.7 Å². The molecule has 0 atom stereocenters. The molecule has 6 heteroatoms. The average molecular weight is 285 g/mol. The third kappa shape index (κ3) is 3.11. The Balaban J connectivity index is 2.49. The van der Waals surface area contributed by atoms with E-state index in [9.17, 15) is 10.1 Å². The van der Waals surface area contributed by atoms with Crippen LogP contribution in [0.3, 0.4) is 0 Å². The van der Waals surface area contributed by atoms with Gasteiger partial charge < -0.3 is 10.8 Å². The Morgan fingerprint density at radius 2 is 1.90 bits per heavy atom. The molecule has 0 aliphatic rings. The number of hydrogen-bond donors (Lipinski definition) is 2. The van der Waals surface area contributed by atoms with Crippen molar-refractivity contribution in [3.63, 3.8) is 0 Å². The van der Waals surface area contributed by atoms with Crippen molar-refractivity contribution in [1.82, 2.24) is 0 Å². The summed E-state index contributed by atoms with van der Waals surface area (Å²) in [6, 6.07) is 13.6. The molecule has 0 radical (unpaired) electrons. The van der Waals surface area contributed by atoms with Crippen LogP contribution in [0, 0.1) is 10.1 Å². The van der Waals surface area contributed by atoms with Gasteiger partial charge in [0.25, 0.3) is 0 Å². The minimum Gasteiger partial charge on any atom is -0.516 e. The minimum atomic E-state index is -0.507. The van der Waals surface area contributed by atoms with E-state index >= 15 is 0 Å². The summed E-state index contributed by atoms with van der Waals surface area (Å²) in [7, 11) is 0. The molecule has 0 bridgehead atoms. The second kappa shape index (κ2) is 6.42. The highest BCUT2D eigenvalue weighted by Crippen LogP contribution is 2.32. The Labute approximate surface area is 121 Å². The van der Waals surface area contributed by atoms with E-state index in [0.29, 0.717) is 29.0 Å². The fourth-order valence-corrected chi connectivity index (χ4v) is 2.03. The van der Waals surface area contributed by atoms with Gasteiger partial charge in [-0.1, -0.05) is 35.3 Å². The van der Waals surface area contributed by atoms with Crippen molar-refractivity contribution >= 4 is 17.1 Å². The second-order valence-corrected chi connectivity index (χ2v) is 4.32. The highest BCUT2D eigenvalue weighted by molar-refractivity contribution is 5.75. The largest absolute Gasteiger partial charge is 0.516 e. The average Bonchev–Trinajstić information content (AvgIpc) is 2.49. The molecule has 0 aromatic heterocycles. The summed E-state index contributed by atoms with van der Waals surface area (Å²) in [5.74, 6) is 0. The van der Waals surface area contributed by atoms with Crippen LogP contribution in [0.4, 0.5) is 17.1 Å². The molecule has 0 unspecified atom stereocenters. The number of hydrazine groups is 1. The Hall–Kier alpha value is -3.02. The number of anilines is 3. The molecular weight excluding hydrogens is 270 g/mol. The maximum Gasteiger partial charge on any atom is 0.170 e. The third-order valence-electron chi connectivity index (χ3n) is 3.01. The summed E-state index contributed by atoms with van der Waals surface area (Å²) in [5.41, 5.74) is 7.78. The van der Waals surface area contributed by atoms with Crippen LogP contribution in [0.5, 0.6) is 0 Å². The number of benzene rings is 2. The van der Waals surface area contributed by atoms with Crippen molar-refractivity contribution in [3.8, 4) is 0 Å². The standard InChI is InChI=1S/C15H15N3O3/c16-15-12(7-5-11-19)6-4-10-14(15)17(18(20)21)13-8-2-1-3-9-13/h1-6,8-11,19H,7,16H2. The third-order valence-corrected chi connectivity index (χ3v) is 3.01. The van der Waals surface area contributed by atoms with Crippen LogP contribution >= 0.6 is 0 Å². The number of hydrogen-bond acceptors (Lipinski definition) is 4. The van der Waals surface area contributed by atoms with E-state index in [1.165, 1.54) is 6.08 Å². The maximum atomic E-state index is 11.4. The van der Waals surface area contributed by atoms with Crippen molar-refractivity contribution in [2.45, 2.75) is 6.42 Å². The van der Waals surface area contributed by atoms with Gasteiger partial charge in [0.15, 0.2) is 5.03 Å². The van der Waals surface area contributed by atoms with E-state index in [-0.39, 0.29) is 0 Å².